The molecule has 0 saturated heterocycles. The van der Waals surface area contributed by atoms with Crippen molar-refractivity contribution in [3.63, 3.8) is 0 Å². The number of pyridine rings is 1. The molecule has 1 amide bonds. The van der Waals surface area contributed by atoms with Crippen molar-refractivity contribution >= 4 is 17.2 Å². The predicted octanol–water partition coefficient (Wildman–Crippen LogP) is 4.05. The second-order valence-electron chi connectivity index (χ2n) is 5.69. The molecule has 0 saturated carbocycles. The highest BCUT2D eigenvalue weighted by atomic mass is 32.1. The van der Waals surface area contributed by atoms with Gasteiger partial charge in [-0.2, -0.15) is 8.78 Å². The number of ether oxygens (including phenoxy) is 2. The summed E-state index contributed by atoms with van der Waals surface area (Å²) in [6, 6.07) is 10.1. The number of nitrogens with zero attached hydrogens (tertiary/aromatic N) is 2. The molecule has 0 fully saturated rings. The summed E-state index contributed by atoms with van der Waals surface area (Å²) < 4.78 is 34.5. The van der Waals surface area contributed by atoms with Gasteiger partial charge in [0.2, 0.25) is 0 Å². The largest absolute Gasteiger partial charge is 0.493 e. The van der Waals surface area contributed by atoms with E-state index in [4.69, 9.17) is 4.74 Å². The van der Waals surface area contributed by atoms with Crippen LogP contribution in [0.25, 0.3) is 10.7 Å². The molecule has 0 aliphatic rings. The number of hydrogen-bond donors (Lipinski definition) is 1. The van der Waals surface area contributed by atoms with Crippen LogP contribution in [-0.2, 0) is 6.54 Å². The van der Waals surface area contributed by atoms with E-state index in [1.54, 1.807) is 25.3 Å². The number of methoxy groups -OCH3 is 1. The fraction of sp³-hybridized carbons (Fsp3) is 0.211. The minimum atomic E-state index is -2.97. The number of aryl methyl sites for hydroxylation is 1. The Hall–Kier alpha value is -3.07. The topological polar surface area (TPSA) is 73.3 Å². The first-order valence-electron chi connectivity index (χ1n) is 8.26. The maximum Gasteiger partial charge on any atom is 0.387 e. The van der Waals surface area contributed by atoms with Crippen molar-refractivity contribution < 1.29 is 23.0 Å². The second-order valence-corrected chi connectivity index (χ2v) is 6.69. The summed E-state index contributed by atoms with van der Waals surface area (Å²) in [5.74, 6) is -0.200. The number of alkyl halides is 2. The third-order valence-corrected chi connectivity index (χ3v) is 4.96. The molecule has 0 bridgehead atoms. The molecule has 2 aromatic heterocycles. The molecule has 1 N–H and O–H groups in total. The molecule has 0 spiro atoms. The van der Waals surface area contributed by atoms with Crippen LogP contribution < -0.4 is 14.8 Å². The van der Waals surface area contributed by atoms with Gasteiger partial charge in [-0.3, -0.25) is 9.78 Å². The zero-order valence-electron chi connectivity index (χ0n) is 15.1. The first kappa shape index (κ1) is 19.7. The number of aromatic nitrogens is 2. The number of nitrogens with one attached hydrogen (secondary N) is 1. The minimum absolute atomic E-state index is 0.0874. The lowest BCUT2D eigenvalue weighted by Crippen LogP contribution is -2.22. The molecule has 1 aromatic carbocycles. The van der Waals surface area contributed by atoms with E-state index in [0.717, 1.165) is 0 Å². The lowest BCUT2D eigenvalue weighted by atomic mass is 10.2. The van der Waals surface area contributed by atoms with Gasteiger partial charge in [0.1, 0.15) is 9.88 Å². The molecule has 0 atom stereocenters. The standard InChI is InChI=1S/C19H17F2N3O3S/c1-11-16(28-18(24-11)13-5-3-4-8-22-13)17(25)23-10-12-6-7-14(26-2)15(9-12)27-19(20)21/h3-9,19H,10H2,1-2H3,(H,23,25). The van der Waals surface area contributed by atoms with Crippen molar-refractivity contribution in [3.05, 3.63) is 58.7 Å². The highest BCUT2D eigenvalue weighted by Gasteiger charge is 2.17. The number of carbonyl (C=O) groups excluding carboxylic acids is 1. The van der Waals surface area contributed by atoms with Crippen LogP contribution in [0.15, 0.2) is 42.6 Å². The lowest BCUT2D eigenvalue weighted by molar-refractivity contribution is -0.0512. The molecule has 3 rings (SSSR count). The number of hydrogen-bond acceptors (Lipinski definition) is 6. The van der Waals surface area contributed by atoms with Crippen LogP contribution >= 0.6 is 11.3 Å². The van der Waals surface area contributed by atoms with Gasteiger partial charge in [0, 0.05) is 12.7 Å². The van der Waals surface area contributed by atoms with Crippen LogP contribution in [0.1, 0.15) is 20.9 Å². The quantitative estimate of drug-likeness (QED) is 0.642. The van der Waals surface area contributed by atoms with E-state index in [2.05, 4.69) is 20.0 Å². The van der Waals surface area contributed by atoms with E-state index in [-0.39, 0.29) is 24.0 Å². The van der Waals surface area contributed by atoms with Gasteiger partial charge in [0.15, 0.2) is 11.5 Å². The predicted molar refractivity (Wildman–Crippen MR) is 101 cm³/mol. The van der Waals surface area contributed by atoms with E-state index >= 15 is 0 Å². The smallest absolute Gasteiger partial charge is 0.387 e. The van der Waals surface area contributed by atoms with Gasteiger partial charge in [-0.05, 0) is 36.8 Å². The zero-order valence-corrected chi connectivity index (χ0v) is 15.9. The Kier molecular flexibility index (Phi) is 6.15. The molecular weight excluding hydrogens is 388 g/mol. The fourth-order valence-electron chi connectivity index (χ4n) is 2.49. The number of carbonyl (C=O) groups is 1. The summed E-state index contributed by atoms with van der Waals surface area (Å²) >= 11 is 1.24. The summed E-state index contributed by atoms with van der Waals surface area (Å²) in [6.45, 7) is -1.08. The van der Waals surface area contributed by atoms with Crippen LogP contribution in [0.2, 0.25) is 0 Å². The Bertz CT molecular complexity index is 964. The van der Waals surface area contributed by atoms with E-state index in [0.29, 0.717) is 26.8 Å². The fourth-order valence-corrected chi connectivity index (χ4v) is 3.45. The average Bonchev–Trinajstić information content (AvgIpc) is 3.08. The Labute approximate surface area is 164 Å². The first-order chi connectivity index (χ1) is 13.5. The first-order valence-corrected chi connectivity index (χ1v) is 9.08. The molecule has 2 heterocycles. The van der Waals surface area contributed by atoms with Crippen molar-refractivity contribution in [2.75, 3.05) is 7.11 Å². The van der Waals surface area contributed by atoms with Crippen molar-refractivity contribution in [2.45, 2.75) is 20.1 Å². The Balaban J connectivity index is 1.72. The molecule has 9 heteroatoms. The van der Waals surface area contributed by atoms with E-state index in [1.165, 1.54) is 30.6 Å². The number of thiazole rings is 1. The highest BCUT2D eigenvalue weighted by Crippen LogP contribution is 2.30. The number of amides is 1. The van der Waals surface area contributed by atoms with Crippen molar-refractivity contribution in [3.8, 4) is 22.2 Å². The summed E-state index contributed by atoms with van der Waals surface area (Å²) in [5.41, 5.74) is 1.88. The summed E-state index contributed by atoms with van der Waals surface area (Å²) in [5, 5.41) is 3.42. The normalized spacial score (nSPS) is 10.8. The molecule has 146 valence electrons. The molecular formula is C19H17F2N3O3S. The summed E-state index contributed by atoms with van der Waals surface area (Å²) in [6.07, 6.45) is 1.66. The molecule has 0 unspecified atom stereocenters. The number of halogens is 2. The third kappa shape index (κ3) is 4.61. The van der Waals surface area contributed by atoms with Crippen LogP contribution in [0.4, 0.5) is 8.78 Å². The highest BCUT2D eigenvalue weighted by molar-refractivity contribution is 7.17. The molecule has 0 aliphatic heterocycles. The van der Waals surface area contributed by atoms with Gasteiger partial charge >= 0.3 is 6.61 Å². The molecule has 28 heavy (non-hydrogen) atoms. The maximum atomic E-state index is 12.5. The SMILES string of the molecule is COc1ccc(CNC(=O)c2sc(-c3ccccn3)nc2C)cc1OC(F)F. The second kappa shape index (κ2) is 8.75. The van der Waals surface area contributed by atoms with Crippen molar-refractivity contribution in [1.82, 2.24) is 15.3 Å². The van der Waals surface area contributed by atoms with Crippen molar-refractivity contribution in [1.29, 1.82) is 0 Å². The van der Waals surface area contributed by atoms with Gasteiger partial charge in [0.05, 0.1) is 18.5 Å². The van der Waals surface area contributed by atoms with Crippen LogP contribution in [-0.4, -0.2) is 29.6 Å². The van der Waals surface area contributed by atoms with E-state index in [9.17, 15) is 13.6 Å². The Morgan fingerprint density at radius 1 is 1.25 bits per heavy atom. The lowest BCUT2D eigenvalue weighted by Gasteiger charge is -2.12. The Morgan fingerprint density at radius 2 is 2.07 bits per heavy atom. The maximum absolute atomic E-state index is 12.5. The van der Waals surface area contributed by atoms with Gasteiger partial charge in [-0.25, -0.2) is 4.98 Å². The van der Waals surface area contributed by atoms with E-state index in [1.807, 2.05) is 12.1 Å². The summed E-state index contributed by atoms with van der Waals surface area (Å²) in [4.78, 5) is 21.6. The van der Waals surface area contributed by atoms with Gasteiger partial charge in [-0.15, -0.1) is 11.3 Å². The van der Waals surface area contributed by atoms with Crippen LogP contribution in [0.3, 0.4) is 0 Å². The minimum Gasteiger partial charge on any atom is -0.493 e. The number of rotatable bonds is 7. The van der Waals surface area contributed by atoms with E-state index < -0.39 is 6.61 Å². The summed E-state index contributed by atoms with van der Waals surface area (Å²) in [7, 11) is 1.36. The monoisotopic (exact) mass is 405 g/mol. The number of benzene rings is 1. The van der Waals surface area contributed by atoms with Crippen LogP contribution in [0, 0.1) is 6.92 Å². The zero-order chi connectivity index (χ0) is 20.1. The molecule has 0 aliphatic carbocycles. The van der Waals surface area contributed by atoms with Gasteiger partial charge in [0.25, 0.3) is 5.91 Å². The average molecular weight is 405 g/mol. The molecule has 0 radical (unpaired) electrons. The molecule has 6 nitrogen and oxygen atoms in total. The molecule has 3 aromatic rings. The van der Waals surface area contributed by atoms with Crippen molar-refractivity contribution in [2.24, 2.45) is 0 Å². The Morgan fingerprint density at radius 3 is 2.75 bits per heavy atom. The van der Waals surface area contributed by atoms with Crippen LogP contribution in [0.5, 0.6) is 11.5 Å². The third-order valence-electron chi connectivity index (χ3n) is 3.78. The van der Waals surface area contributed by atoms with Gasteiger partial charge < -0.3 is 14.8 Å². The van der Waals surface area contributed by atoms with Gasteiger partial charge in [-0.1, -0.05) is 12.1 Å².